The Labute approximate surface area is 200 Å². The Morgan fingerprint density at radius 2 is 1.62 bits per heavy atom. The molecule has 3 aromatic rings. The Morgan fingerprint density at radius 1 is 0.853 bits per heavy atom. The molecule has 1 saturated heterocycles. The maximum absolute atomic E-state index is 13.3. The standard InChI is InChI=1S/C25H31N5O3S/c31-34(32,24-7-3-6-23-25(24)27-33-26-23)30-16-14-29(15-17-30)22-9-8-19-10-12-28(13-11-20(19)18-22)21-4-1-2-5-21/h3,6-9,18,21H,1-2,4-5,10-17H2. The third-order valence-electron chi connectivity index (χ3n) is 7.84. The van der Waals surface area contributed by atoms with Gasteiger partial charge in [0.05, 0.1) is 0 Å². The molecule has 180 valence electrons. The Morgan fingerprint density at radius 3 is 2.41 bits per heavy atom. The van der Waals surface area contributed by atoms with Crippen LogP contribution >= 0.6 is 0 Å². The van der Waals surface area contributed by atoms with Crippen molar-refractivity contribution in [2.24, 2.45) is 0 Å². The number of fused-ring (bicyclic) bond motifs is 2. The number of piperazine rings is 1. The van der Waals surface area contributed by atoms with Gasteiger partial charge in [-0.25, -0.2) is 13.0 Å². The molecule has 1 aliphatic carbocycles. The molecule has 1 aromatic heterocycles. The van der Waals surface area contributed by atoms with Gasteiger partial charge in [0, 0.05) is 51.0 Å². The number of benzene rings is 2. The lowest BCUT2D eigenvalue weighted by atomic mass is 10.0. The quantitative estimate of drug-likeness (QED) is 0.566. The van der Waals surface area contributed by atoms with E-state index in [4.69, 9.17) is 4.63 Å². The van der Waals surface area contributed by atoms with Crippen molar-refractivity contribution in [3.8, 4) is 0 Å². The van der Waals surface area contributed by atoms with Crippen LogP contribution in [0.3, 0.4) is 0 Å². The number of hydrogen-bond donors (Lipinski definition) is 0. The number of anilines is 1. The van der Waals surface area contributed by atoms with E-state index >= 15 is 0 Å². The van der Waals surface area contributed by atoms with Crippen LogP contribution in [0.4, 0.5) is 5.69 Å². The van der Waals surface area contributed by atoms with E-state index in [0.29, 0.717) is 37.2 Å². The number of rotatable bonds is 4. The van der Waals surface area contributed by atoms with Crippen molar-refractivity contribution >= 4 is 26.7 Å². The largest absolute Gasteiger partial charge is 0.369 e. The van der Waals surface area contributed by atoms with Gasteiger partial charge in [-0.3, -0.25) is 4.90 Å². The zero-order valence-electron chi connectivity index (χ0n) is 19.4. The van der Waals surface area contributed by atoms with Gasteiger partial charge in [-0.05, 0) is 71.4 Å². The molecule has 2 aromatic carbocycles. The minimum atomic E-state index is -3.66. The summed E-state index contributed by atoms with van der Waals surface area (Å²) in [6, 6.07) is 12.6. The van der Waals surface area contributed by atoms with E-state index in [9.17, 15) is 8.42 Å². The zero-order chi connectivity index (χ0) is 23.1. The molecule has 8 nitrogen and oxygen atoms in total. The lowest BCUT2D eigenvalue weighted by molar-refractivity contribution is 0.208. The van der Waals surface area contributed by atoms with Gasteiger partial charge in [-0.1, -0.05) is 25.0 Å². The average Bonchev–Trinajstić information content (AvgIpc) is 3.53. The van der Waals surface area contributed by atoms with Crippen LogP contribution in [0.1, 0.15) is 36.8 Å². The van der Waals surface area contributed by atoms with Crippen LogP contribution in [0, 0.1) is 0 Å². The van der Waals surface area contributed by atoms with Crippen LogP contribution in [0.5, 0.6) is 0 Å². The molecule has 3 heterocycles. The van der Waals surface area contributed by atoms with Gasteiger partial charge in [0.2, 0.25) is 10.0 Å². The first kappa shape index (κ1) is 22.0. The van der Waals surface area contributed by atoms with Crippen molar-refractivity contribution < 1.29 is 13.0 Å². The van der Waals surface area contributed by atoms with Crippen molar-refractivity contribution in [1.82, 2.24) is 19.5 Å². The van der Waals surface area contributed by atoms with Crippen LogP contribution in [0.2, 0.25) is 0 Å². The first-order valence-electron chi connectivity index (χ1n) is 12.4. The predicted octanol–water partition coefficient (Wildman–Crippen LogP) is 3.08. The van der Waals surface area contributed by atoms with Gasteiger partial charge in [0.15, 0.2) is 5.52 Å². The monoisotopic (exact) mass is 481 g/mol. The van der Waals surface area contributed by atoms with Crippen molar-refractivity contribution in [2.75, 3.05) is 44.2 Å². The molecular weight excluding hydrogens is 450 g/mol. The minimum Gasteiger partial charge on any atom is -0.369 e. The number of sulfonamides is 1. The molecule has 6 rings (SSSR count). The Balaban J connectivity index is 1.14. The zero-order valence-corrected chi connectivity index (χ0v) is 20.2. The molecule has 0 spiro atoms. The summed E-state index contributed by atoms with van der Waals surface area (Å²) in [7, 11) is -3.66. The van der Waals surface area contributed by atoms with E-state index in [0.717, 1.165) is 25.4 Å². The van der Waals surface area contributed by atoms with Gasteiger partial charge in [-0.15, -0.1) is 0 Å². The van der Waals surface area contributed by atoms with Gasteiger partial charge in [0.25, 0.3) is 0 Å². The van der Waals surface area contributed by atoms with E-state index in [1.54, 1.807) is 22.5 Å². The number of aromatic nitrogens is 2. The molecule has 34 heavy (non-hydrogen) atoms. The van der Waals surface area contributed by atoms with E-state index in [1.807, 2.05) is 0 Å². The summed E-state index contributed by atoms with van der Waals surface area (Å²) in [6.07, 6.45) is 7.70. The topological polar surface area (TPSA) is 82.8 Å². The third kappa shape index (κ3) is 3.99. The van der Waals surface area contributed by atoms with E-state index in [2.05, 4.69) is 38.3 Å². The fourth-order valence-electron chi connectivity index (χ4n) is 5.88. The molecule has 0 N–H and O–H groups in total. The molecule has 0 unspecified atom stereocenters. The van der Waals surface area contributed by atoms with Crippen molar-refractivity contribution in [3.05, 3.63) is 47.5 Å². The average molecular weight is 482 g/mol. The maximum atomic E-state index is 13.3. The molecule has 2 aliphatic heterocycles. The van der Waals surface area contributed by atoms with Crippen LogP contribution in [-0.2, 0) is 22.9 Å². The van der Waals surface area contributed by atoms with Gasteiger partial charge in [0.1, 0.15) is 10.4 Å². The highest BCUT2D eigenvalue weighted by Gasteiger charge is 2.31. The number of nitrogens with zero attached hydrogens (tertiary/aromatic N) is 5. The molecular formula is C25H31N5O3S. The molecule has 0 amide bonds. The van der Waals surface area contributed by atoms with E-state index in [1.165, 1.54) is 49.0 Å². The second-order valence-electron chi connectivity index (χ2n) is 9.71. The summed E-state index contributed by atoms with van der Waals surface area (Å²) < 4.78 is 32.9. The summed E-state index contributed by atoms with van der Waals surface area (Å²) in [6.45, 7) is 4.53. The molecule has 2 fully saturated rings. The lowest BCUT2D eigenvalue weighted by Gasteiger charge is -2.35. The SMILES string of the molecule is O=S(=O)(c1cccc2nonc12)N1CCN(c2ccc3c(c2)CCN(C2CCCC2)CC3)CC1. The van der Waals surface area contributed by atoms with Crippen LogP contribution in [-0.4, -0.2) is 73.2 Å². The van der Waals surface area contributed by atoms with Crippen molar-refractivity contribution in [2.45, 2.75) is 49.5 Å². The fourth-order valence-corrected chi connectivity index (χ4v) is 7.43. The first-order valence-corrected chi connectivity index (χ1v) is 13.9. The molecule has 0 radical (unpaired) electrons. The van der Waals surface area contributed by atoms with Crippen molar-refractivity contribution in [1.29, 1.82) is 0 Å². The van der Waals surface area contributed by atoms with Gasteiger partial charge < -0.3 is 4.90 Å². The highest BCUT2D eigenvalue weighted by atomic mass is 32.2. The summed E-state index contributed by atoms with van der Waals surface area (Å²) in [5, 5.41) is 7.59. The Bertz CT molecular complexity index is 1280. The van der Waals surface area contributed by atoms with Crippen LogP contribution < -0.4 is 4.90 Å². The number of hydrogen-bond acceptors (Lipinski definition) is 7. The highest BCUT2D eigenvalue weighted by Crippen LogP contribution is 2.29. The highest BCUT2D eigenvalue weighted by molar-refractivity contribution is 7.89. The fraction of sp³-hybridized carbons (Fsp3) is 0.520. The molecule has 3 aliphatic rings. The summed E-state index contributed by atoms with van der Waals surface area (Å²) in [5.41, 5.74) is 4.88. The maximum Gasteiger partial charge on any atom is 0.245 e. The Hall–Kier alpha value is -2.49. The van der Waals surface area contributed by atoms with Crippen molar-refractivity contribution in [3.63, 3.8) is 0 Å². The summed E-state index contributed by atoms with van der Waals surface area (Å²) >= 11 is 0. The van der Waals surface area contributed by atoms with Crippen LogP contribution in [0.15, 0.2) is 45.9 Å². The minimum absolute atomic E-state index is 0.163. The van der Waals surface area contributed by atoms with E-state index < -0.39 is 10.0 Å². The molecule has 0 atom stereocenters. The third-order valence-corrected chi connectivity index (χ3v) is 9.77. The van der Waals surface area contributed by atoms with E-state index in [-0.39, 0.29) is 4.90 Å². The first-order chi connectivity index (χ1) is 16.6. The predicted molar refractivity (Wildman–Crippen MR) is 130 cm³/mol. The Kier molecular flexibility index (Phi) is 5.79. The normalized spacial score (nSPS) is 21.1. The smallest absolute Gasteiger partial charge is 0.245 e. The summed E-state index contributed by atoms with van der Waals surface area (Å²) in [4.78, 5) is 5.18. The van der Waals surface area contributed by atoms with Crippen LogP contribution in [0.25, 0.3) is 11.0 Å². The van der Waals surface area contributed by atoms with Gasteiger partial charge in [-0.2, -0.15) is 4.31 Å². The van der Waals surface area contributed by atoms with Gasteiger partial charge >= 0.3 is 0 Å². The molecule has 1 saturated carbocycles. The molecule has 0 bridgehead atoms. The molecule has 9 heteroatoms. The summed E-state index contributed by atoms with van der Waals surface area (Å²) in [5.74, 6) is 0. The second-order valence-corrected chi connectivity index (χ2v) is 11.6. The second kappa shape index (κ2) is 8.94. The lowest BCUT2D eigenvalue weighted by Crippen LogP contribution is -2.48.